The lowest BCUT2D eigenvalue weighted by Gasteiger charge is -2.21. The van der Waals surface area contributed by atoms with E-state index in [1.54, 1.807) is 25.3 Å². The summed E-state index contributed by atoms with van der Waals surface area (Å²) >= 11 is 0. The third kappa shape index (κ3) is 3.26. The number of benzene rings is 1. The number of aryl methyl sites for hydroxylation is 1. The lowest BCUT2D eigenvalue weighted by atomic mass is 9.97. The molecule has 2 unspecified atom stereocenters. The van der Waals surface area contributed by atoms with Gasteiger partial charge in [0.25, 0.3) is 0 Å². The molecule has 140 valence electrons. The van der Waals surface area contributed by atoms with Gasteiger partial charge in [0.2, 0.25) is 0 Å². The van der Waals surface area contributed by atoms with E-state index in [0.717, 1.165) is 10.9 Å². The van der Waals surface area contributed by atoms with Gasteiger partial charge in [-0.25, -0.2) is 9.18 Å². The smallest absolute Gasteiger partial charge is 0.407 e. The van der Waals surface area contributed by atoms with E-state index >= 15 is 0 Å². The number of aromatic nitrogens is 1. The minimum Gasteiger partial charge on any atom is -0.497 e. The van der Waals surface area contributed by atoms with Crippen molar-refractivity contribution in [3.8, 4) is 11.8 Å². The van der Waals surface area contributed by atoms with Gasteiger partial charge >= 0.3 is 6.09 Å². The van der Waals surface area contributed by atoms with Gasteiger partial charge in [-0.2, -0.15) is 5.26 Å². The number of halogens is 1. The van der Waals surface area contributed by atoms with E-state index in [4.69, 9.17) is 4.74 Å². The number of nitriles is 1. The van der Waals surface area contributed by atoms with Gasteiger partial charge in [-0.1, -0.05) is 12.2 Å². The zero-order valence-corrected chi connectivity index (χ0v) is 15.3. The van der Waals surface area contributed by atoms with E-state index in [1.807, 2.05) is 23.6 Å². The summed E-state index contributed by atoms with van der Waals surface area (Å²) in [4.78, 5) is 11.3. The number of rotatable bonds is 4. The third-order valence-corrected chi connectivity index (χ3v) is 4.61. The predicted octanol–water partition coefficient (Wildman–Crippen LogP) is 3.56. The van der Waals surface area contributed by atoms with Crippen LogP contribution < -0.4 is 10.1 Å². The molecule has 6 nitrogen and oxygen atoms in total. The lowest BCUT2D eigenvalue weighted by Crippen LogP contribution is -2.40. The highest BCUT2D eigenvalue weighted by atomic mass is 19.1. The van der Waals surface area contributed by atoms with Gasteiger partial charge in [0, 0.05) is 18.0 Å². The van der Waals surface area contributed by atoms with Crippen molar-refractivity contribution in [2.75, 3.05) is 14.2 Å². The normalized spacial score (nSPS) is 18.7. The highest BCUT2D eigenvalue weighted by Gasteiger charge is 2.26. The number of nitrogens with one attached hydrogen (secondary N) is 1. The Morgan fingerprint density at radius 3 is 2.78 bits per heavy atom. The van der Waals surface area contributed by atoms with Crippen LogP contribution in [0.25, 0.3) is 16.5 Å². The number of alkyl carbamates (subject to hydrolysis) is 1. The molecule has 0 saturated carbocycles. The van der Waals surface area contributed by atoms with Crippen molar-refractivity contribution in [1.29, 1.82) is 5.26 Å². The Hall–Kier alpha value is -3.27. The van der Waals surface area contributed by atoms with E-state index in [1.165, 1.54) is 13.2 Å². The Kier molecular flexibility index (Phi) is 5.17. The molecule has 1 aromatic carbocycles. The highest BCUT2D eigenvalue weighted by molar-refractivity contribution is 5.95. The number of hydrogen-bond donors (Lipinski definition) is 1. The topological polar surface area (TPSA) is 76.3 Å². The number of carbonyl (C=O) groups excluding carboxylic acids is 1. The highest BCUT2D eigenvalue weighted by Crippen LogP contribution is 2.35. The van der Waals surface area contributed by atoms with Crippen molar-refractivity contribution in [3.05, 3.63) is 47.7 Å². The van der Waals surface area contributed by atoms with Crippen LogP contribution in [0.15, 0.2) is 36.4 Å². The number of ether oxygens (including phenoxy) is 2. The second kappa shape index (κ2) is 7.54. The van der Waals surface area contributed by atoms with E-state index in [2.05, 4.69) is 16.1 Å². The molecule has 1 amide bonds. The number of carbonyl (C=O) groups is 1. The van der Waals surface area contributed by atoms with Crippen molar-refractivity contribution in [3.63, 3.8) is 0 Å². The van der Waals surface area contributed by atoms with Crippen molar-refractivity contribution in [2.45, 2.75) is 25.7 Å². The number of nitrogens with zero attached hydrogens (tertiary/aromatic N) is 2. The molecule has 0 radical (unpaired) electrons. The Bertz CT molecular complexity index is 984. The van der Waals surface area contributed by atoms with Gasteiger partial charge in [0.05, 0.1) is 37.0 Å². The van der Waals surface area contributed by atoms with E-state index < -0.39 is 18.3 Å². The molecule has 3 rings (SSSR count). The molecular formula is C20H20FN3O3. The van der Waals surface area contributed by atoms with Crippen LogP contribution in [0.2, 0.25) is 0 Å². The van der Waals surface area contributed by atoms with Crippen molar-refractivity contribution in [1.82, 2.24) is 9.88 Å². The maximum absolute atomic E-state index is 14.6. The molecule has 0 bridgehead atoms. The van der Waals surface area contributed by atoms with Crippen molar-refractivity contribution >= 4 is 22.6 Å². The molecule has 27 heavy (non-hydrogen) atoms. The first-order chi connectivity index (χ1) is 13.0. The van der Waals surface area contributed by atoms with Crippen LogP contribution in [-0.2, 0) is 11.3 Å². The second-order valence-corrected chi connectivity index (χ2v) is 6.05. The van der Waals surface area contributed by atoms with Crippen LogP contribution in [0.4, 0.5) is 9.18 Å². The van der Waals surface area contributed by atoms with Crippen LogP contribution in [0, 0.1) is 11.3 Å². The summed E-state index contributed by atoms with van der Waals surface area (Å²) in [5.74, 6) is 0.685. The van der Waals surface area contributed by atoms with Crippen LogP contribution in [-0.4, -0.2) is 37.1 Å². The minimum absolute atomic E-state index is 0.483. The summed E-state index contributed by atoms with van der Waals surface area (Å²) in [6.07, 6.45) is 2.56. The Balaban J connectivity index is 2.09. The van der Waals surface area contributed by atoms with Gasteiger partial charge in [-0.3, -0.25) is 0 Å². The molecule has 0 spiro atoms. The number of fused-ring (bicyclic) bond motifs is 1. The van der Waals surface area contributed by atoms with E-state index in [9.17, 15) is 14.4 Å². The summed E-state index contributed by atoms with van der Waals surface area (Å²) in [6, 6.07) is 6.93. The van der Waals surface area contributed by atoms with Crippen LogP contribution in [0.1, 0.15) is 18.2 Å². The molecule has 2 aromatic rings. The maximum Gasteiger partial charge on any atom is 0.407 e. The fourth-order valence-electron chi connectivity index (χ4n) is 3.32. The second-order valence-electron chi connectivity index (χ2n) is 6.05. The monoisotopic (exact) mass is 369 g/mol. The molecule has 0 fully saturated rings. The molecular weight excluding hydrogens is 349 g/mol. The maximum atomic E-state index is 14.6. The van der Waals surface area contributed by atoms with Gasteiger partial charge in [0.15, 0.2) is 0 Å². The zero-order chi connectivity index (χ0) is 19.6. The summed E-state index contributed by atoms with van der Waals surface area (Å²) in [5, 5.41) is 13.0. The lowest BCUT2D eigenvalue weighted by molar-refractivity contribution is 0.164. The quantitative estimate of drug-likeness (QED) is 0.894. The van der Waals surface area contributed by atoms with Crippen LogP contribution >= 0.6 is 0 Å². The van der Waals surface area contributed by atoms with Crippen molar-refractivity contribution in [2.24, 2.45) is 0 Å². The summed E-state index contributed by atoms with van der Waals surface area (Å²) < 4.78 is 26.4. The number of allylic oxidation sites excluding steroid dienone is 2. The third-order valence-electron chi connectivity index (χ3n) is 4.61. The molecule has 0 saturated heterocycles. The minimum atomic E-state index is -1.44. The number of methoxy groups -OCH3 is 2. The predicted molar refractivity (Wildman–Crippen MR) is 100 cm³/mol. The average Bonchev–Trinajstić information content (AvgIpc) is 3.01. The molecule has 1 N–H and O–H groups in total. The molecule has 1 aromatic heterocycles. The van der Waals surface area contributed by atoms with E-state index in [-0.39, 0.29) is 0 Å². The fraction of sp³-hybridized carbons (Fsp3) is 0.300. The summed E-state index contributed by atoms with van der Waals surface area (Å²) in [6.45, 7) is 2.57. The molecule has 0 aliphatic heterocycles. The number of hydrogen-bond acceptors (Lipinski definition) is 4. The largest absolute Gasteiger partial charge is 0.497 e. The first-order valence-corrected chi connectivity index (χ1v) is 8.53. The Morgan fingerprint density at radius 1 is 1.41 bits per heavy atom. The zero-order valence-electron chi connectivity index (χ0n) is 15.3. The first kappa shape index (κ1) is 18.5. The number of alkyl halides is 1. The molecule has 1 heterocycles. The average molecular weight is 369 g/mol. The Labute approximate surface area is 156 Å². The molecule has 2 atom stereocenters. The summed E-state index contributed by atoms with van der Waals surface area (Å²) in [7, 11) is 2.81. The van der Waals surface area contributed by atoms with Gasteiger partial charge < -0.3 is 19.4 Å². The fourth-order valence-corrected chi connectivity index (χ4v) is 3.32. The SMILES string of the molecule is CCn1c(C2=CC(F)C(NC(=O)OC)C=C2)c(C#N)c2ccc(OC)cc21. The van der Waals surface area contributed by atoms with Gasteiger partial charge in [-0.15, -0.1) is 0 Å². The first-order valence-electron chi connectivity index (χ1n) is 8.53. The summed E-state index contributed by atoms with van der Waals surface area (Å²) in [5.41, 5.74) is 2.58. The number of amides is 1. The van der Waals surface area contributed by atoms with Crippen LogP contribution in [0.5, 0.6) is 5.75 Å². The van der Waals surface area contributed by atoms with Gasteiger partial charge in [0.1, 0.15) is 18.0 Å². The van der Waals surface area contributed by atoms with Gasteiger partial charge in [-0.05, 0) is 30.7 Å². The molecule has 1 aliphatic rings. The van der Waals surface area contributed by atoms with Crippen molar-refractivity contribution < 1.29 is 18.7 Å². The van der Waals surface area contributed by atoms with Crippen LogP contribution in [0.3, 0.4) is 0 Å². The van der Waals surface area contributed by atoms with E-state index in [0.29, 0.717) is 29.1 Å². The standard InChI is InChI=1S/C20H20FN3O3/c1-4-24-18-10-13(26-2)6-7-14(18)15(11-22)19(24)12-5-8-17(16(21)9-12)23-20(25)27-3/h5-10,16-17H,4H2,1-3H3,(H,23,25). The molecule has 7 heteroatoms. The molecule has 1 aliphatic carbocycles. The Morgan fingerprint density at radius 2 is 2.19 bits per heavy atom.